The fourth-order valence-electron chi connectivity index (χ4n) is 5.29. The van der Waals surface area contributed by atoms with Crippen LogP contribution in [0.5, 0.6) is 5.75 Å². The fraction of sp³-hybridized carbons (Fsp3) is 0.583. The summed E-state index contributed by atoms with van der Waals surface area (Å²) in [6.07, 6.45) is 8.05. The molecule has 0 bridgehead atoms. The summed E-state index contributed by atoms with van der Waals surface area (Å²) >= 11 is 0. The maximum Gasteiger partial charge on any atom is 0.253 e. The van der Waals surface area contributed by atoms with Crippen molar-refractivity contribution in [1.29, 1.82) is 0 Å². The van der Waals surface area contributed by atoms with E-state index in [9.17, 15) is 4.79 Å². The molecule has 2 atom stereocenters. The number of aromatic nitrogens is 5. The van der Waals surface area contributed by atoms with E-state index in [1.165, 1.54) is 19.3 Å². The molecular formula is C24H32N6O3. The molecule has 3 heterocycles. The van der Waals surface area contributed by atoms with E-state index in [4.69, 9.17) is 9.47 Å². The Bertz CT molecular complexity index is 1150. The van der Waals surface area contributed by atoms with Gasteiger partial charge < -0.3 is 14.5 Å². The van der Waals surface area contributed by atoms with Gasteiger partial charge in [0.05, 0.1) is 19.8 Å². The van der Waals surface area contributed by atoms with Gasteiger partial charge in [-0.1, -0.05) is 19.3 Å². The van der Waals surface area contributed by atoms with E-state index in [1.54, 1.807) is 7.11 Å². The van der Waals surface area contributed by atoms with Gasteiger partial charge in [0.1, 0.15) is 11.8 Å². The molecule has 0 unspecified atom stereocenters. The summed E-state index contributed by atoms with van der Waals surface area (Å²) in [5, 5.41) is 13.6. The van der Waals surface area contributed by atoms with Crippen molar-refractivity contribution in [3.05, 3.63) is 46.0 Å². The van der Waals surface area contributed by atoms with Crippen molar-refractivity contribution in [2.24, 2.45) is 0 Å². The Morgan fingerprint density at radius 3 is 2.82 bits per heavy atom. The lowest BCUT2D eigenvalue weighted by Gasteiger charge is -2.36. The molecule has 9 heteroatoms. The van der Waals surface area contributed by atoms with Crippen LogP contribution in [0.4, 0.5) is 0 Å². The molecule has 9 nitrogen and oxygen atoms in total. The van der Waals surface area contributed by atoms with Gasteiger partial charge in [-0.25, -0.2) is 4.68 Å². The number of rotatable bonds is 7. The molecule has 2 fully saturated rings. The molecular weight excluding hydrogens is 420 g/mol. The third-order valence-electron chi connectivity index (χ3n) is 7.14. The number of aromatic amines is 1. The molecule has 1 saturated carbocycles. The van der Waals surface area contributed by atoms with Crippen LogP contribution in [0.15, 0.2) is 29.1 Å². The van der Waals surface area contributed by atoms with Crippen LogP contribution in [0.3, 0.4) is 0 Å². The van der Waals surface area contributed by atoms with Gasteiger partial charge >= 0.3 is 0 Å². The minimum absolute atomic E-state index is 0.104. The van der Waals surface area contributed by atoms with Crippen LogP contribution in [0.2, 0.25) is 0 Å². The summed E-state index contributed by atoms with van der Waals surface area (Å²) < 4.78 is 13.1. The first kappa shape index (κ1) is 22.0. The van der Waals surface area contributed by atoms with E-state index in [0.29, 0.717) is 24.0 Å². The fourth-order valence-corrected chi connectivity index (χ4v) is 5.29. The van der Waals surface area contributed by atoms with Crippen LogP contribution < -0.4 is 10.3 Å². The lowest BCUT2D eigenvalue weighted by Crippen LogP contribution is -2.40. The molecule has 1 aliphatic heterocycles. The number of fused-ring (bicyclic) bond motifs is 1. The highest BCUT2D eigenvalue weighted by Gasteiger charge is 2.33. The topological polar surface area (TPSA) is 98.2 Å². The molecule has 1 N–H and O–H groups in total. The van der Waals surface area contributed by atoms with Crippen LogP contribution in [-0.2, 0) is 11.3 Å². The van der Waals surface area contributed by atoms with Gasteiger partial charge in [0.2, 0.25) is 0 Å². The zero-order chi connectivity index (χ0) is 22.8. The zero-order valence-electron chi connectivity index (χ0n) is 19.4. The summed E-state index contributed by atoms with van der Waals surface area (Å²) in [6, 6.07) is 7.65. The number of hydrogen-bond acceptors (Lipinski definition) is 7. The summed E-state index contributed by atoms with van der Waals surface area (Å²) in [5.41, 5.74) is 1.31. The summed E-state index contributed by atoms with van der Waals surface area (Å²) in [7, 11) is 3.74. The number of benzene rings is 1. The number of nitrogens with one attached hydrogen (secondary N) is 1. The van der Waals surface area contributed by atoms with E-state index in [2.05, 4.69) is 32.5 Å². The largest absolute Gasteiger partial charge is 0.497 e. The van der Waals surface area contributed by atoms with Crippen molar-refractivity contribution in [2.75, 3.05) is 20.8 Å². The average Bonchev–Trinajstić information content (AvgIpc) is 3.53. The second-order valence-corrected chi connectivity index (χ2v) is 9.22. The van der Waals surface area contributed by atoms with E-state index in [1.807, 2.05) is 28.9 Å². The van der Waals surface area contributed by atoms with E-state index in [-0.39, 0.29) is 17.7 Å². The first-order valence-electron chi connectivity index (χ1n) is 11.9. The van der Waals surface area contributed by atoms with Crippen LogP contribution in [-0.4, -0.2) is 63.0 Å². The van der Waals surface area contributed by atoms with Gasteiger partial charge in [-0.05, 0) is 67.4 Å². The quantitative estimate of drug-likeness (QED) is 0.588. The summed E-state index contributed by atoms with van der Waals surface area (Å²) in [4.78, 5) is 18.7. The molecule has 0 radical (unpaired) electrons. The molecule has 2 aromatic heterocycles. The van der Waals surface area contributed by atoms with Crippen LogP contribution in [0.1, 0.15) is 62.4 Å². The summed E-state index contributed by atoms with van der Waals surface area (Å²) in [5.74, 6) is 1.44. The van der Waals surface area contributed by atoms with E-state index < -0.39 is 0 Å². The van der Waals surface area contributed by atoms with E-state index >= 15 is 0 Å². The lowest BCUT2D eigenvalue weighted by atomic mass is 9.92. The Balaban J connectivity index is 1.59. The maximum absolute atomic E-state index is 13.4. The minimum atomic E-state index is -0.358. The van der Waals surface area contributed by atoms with Crippen molar-refractivity contribution in [2.45, 2.75) is 69.7 Å². The molecule has 176 valence electrons. The number of methoxy groups -OCH3 is 1. The first-order chi connectivity index (χ1) is 16.1. The molecule has 3 aromatic rings. The van der Waals surface area contributed by atoms with Crippen LogP contribution in [0.25, 0.3) is 10.9 Å². The van der Waals surface area contributed by atoms with Crippen molar-refractivity contribution >= 4 is 10.9 Å². The predicted molar refractivity (Wildman–Crippen MR) is 124 cm³/mol. The van der Waals surface area contributed by atoms with Crippen molar-refractivity contribution in [3.8, 4) is 5.75 Å². The highest BCUT2D eigenvalue weighted by molar-refractivity contribution is 5.80. The number of ether oxygens (including phenoxy) is 2. The zero-order valence-corrected chi connectivity index (χ0v) is 19.4. The predicted octanol–water partition coefficient (Wildman–Crippen LogP) is 3.06. The van der Waals surface area contributed by atoms with Crippen molar-refractivity contribution in [3.63, 3.8) is 0 Å². The third kappa shape index (κ3) is 4.52. The molecule has 5 rings (SSSR count). The third-order valence-corrected chi connectivity index (χ3v) is 7.14. The number of tetrazole rings is 1. The molecule has 0 spiro atoms. The number of nitrogens with zero attached hydrogens (tertiary/aromatic N) is 5. The minimum Gasteiger partial charge on any atom is -0.497 e. The monoisotopic (exact) mass is 452 g/mol. The Kier molecular flexibility index (Phi) is 6.41. The van der Waals surface area contributed by atoms with Crippen molar-refractivity contribution < 1.29 is 9.47 Å². The normalized spacial score (nSPS) is 20.5. The number of hydrogen-bond donors (Lipinski definition) is 1. The standard InChI is InChI=1S/C24H32N6O3/c1-29(17-7-4-3-5-8-17)22(23-26-27-28-30(23)15-19-9-6-12-33-19)20-14-16-13-18(32-2)10-11-21(16)25-24(20)31/h10-11,13-14,17,19,22H,3-9,12,15H2,1-2H3,(H,25,31)/t19-,22-/m0/s1. The molecule has 33 heavy (non-hydrogen) atoms. The number of pyridine rings is 1. The Morgan fingerprint density at radius 1 is 1.21 bits per heavy atom. The molecule has 0 amide bonds. The van der Waals surface area contributed by atoms with Crippen LogP contribution >= 0.6 is 0 Å². The first-order valence-corrected chi connectivity index (χ1v) is 11.9. The smallest absolute Gasteiger partial charge is 0.253 e. The second kappa shape index (κ2) is 9.61. The van der Waals surface area contributed by atoms with Gasteiger partial charge in [-0.2, -0.15) is 0 Å². The van der Waals surface area contributed by atoms with Gasteiger partial charge in [0.15, 0.2) is 5.82 Å². The van der Waals surface area contributed by atoms with Gasteiger partial charge in [0.25, 0.3) is 5.56 Å². The molecule has 1 aliphatic carbocycles. The lowest BCUT2D eigenvalue weighted by molar-refractivity contribution is 0.0894. The Labute approximate surface area is 193 Å². The van der Waals surface area contributed by atoms with Gasteiger partial charge in [-0.15, -0.1) is 5.10 Å². The Morgan fingerprint density at radius 2 is 2.06 bits per heavy atom. The number of H-pyrrole nitrogens is 1. The maximum atomic E-state index is 13.4. The van der Waals surface area contributed by atoms with Crippen LogP contribution in [0, 0.1) is 0 Å². The molecule has 1 aromatic carbocycles. The Hall–Kier alpha value is -2.78. The molecule has 2 aliphatic rings. The highest BCUT2D eigenvalue weighted by Crippen LogP contribution is 2.33. The van der Waals surface area contributed by atoms with Gasteiger partial charge in [0, 0.05) is 29.1 Å². The van der Waals surface area contributed by atoms with E-state index in [0.717, 1.165) is 48.9 Å². The summed E-state index contributed by atoms with van der Waals surface area (Å²) in [6.45, 7) is 1.37. The van der Waals surface area contributed by atoms with Crippen molar-refractivity contribution in [1.82, 2.24) is 30.1 Å². The molecule has 1 saturated heterocycles. The SMILES string of the molecule is COc1ccc2[nH]c(=O)c([C@@H](c3nnnn3C[C@@H]3CCCO3)N(C)C3CCCCC3)cc2c1. The highest BCUT2D eigenvalue weighted by atomic mass is 16.5. The average molecular weight is 453 g/mol. The second-order valence-electron chi connectivity index (χ2n) is 9.22. The van der Waals surface area contributed by atoms with Gasteiger partial charge in [-0.3, -0.25) is 9.69 Å².